The quantitative estimate of drug-likeness (QED) is 0.254. The van der Waals surface area contributed by atoms with Crippen LogP contribution in [0.1, 0.15) is 0 Å². The van der Waals surface area contributed by atoms with Crippen LogP contribution < -0.4 is 0 Å². The van der Waals surface area contributed by atoms with Crippen molar-refractivity contribution in [2.24, 2.45) is 0 Å². The van der Waals surface area contributed by atoms with E-state index < -0.39 is 0 Å². The Morgan fingerprint density at radius 1 is 0.462 bits per heavy atom. The molecule has 0 unspecified atom stereocenters. The minimum atomic E-state index is 0. The van der Waals surface area contributed by atoms with E-state index in [1.807, 2.05) is 24.4 Å². The third-order valence-electron chi connectivity index (χ3n) is 4.15. The second kappa shape index (κ2) is 9.71. The second-order valence-electron chi connectivity index (χ2n) is 5.68. The van der Waals surface area contributed by atoms with Crippen LogP contribution in [0.15, 0.2) is 103 Å². The van der Waals surface area contributed by atoms with Gasteiger partial charge in [-0.2, -0.15) is 0 Å². The Hall–Kier alpha value is -1.89. The van der Waals surface area contributed by atoms with E-state index in [0.29, 0.717) is 0 Å². The number of benzene rings is 3. The van der Waals surface area contributed by atoms with Gasteiger partial charge in [0, 0.05) is 57.5 Å². The van der Waals surface area contributed by atoms with Gasteiger partial charge in [-0.05, 0) is 22.8 Å². The molecule has 4 rings (SSSR count). The maximum atomic E-state index is 4.71. The van der Waals surface area contributed by atoms with Crippen molar-refractivity contribution < 1.29 is 40.2 Å². The van der Waals surface area contributed by atoms with Crippen molar-refractivity contribution in [2.45, 2.75) is 0 Å². The van der Waals surface area contributed by atoms with Crippen molar-refractivity contribution in [3.8, 4) is 33.5 Å². The molecule has 0 N–H and O–H groups in total. The van der Waals surface area contributed by atoms with Gasteiger partial charge >= 0.3 is 0 Å². The average Bonchev–Trinajstić information content (AvgIpc) is 2.69. The van der Waals surface area contributed by atoms with E-state index in [9.17, 15) is 0 Å². The van der Waals surface area contributed by atoms with E-state index in [0.717, 1.165) is 11.3 Å². The summed E-state index contributed by atoms with van der Waals surface area (Å²) in [5.74, 6) is 0. The van der Waals surface area contributed by atoms with Gasteiger partial charge < -0.3 is 0 Å². The number of rotatable bonds is 3. The molecule has 3 aromatic carbocycles. The summed E-state index contributed by atoms with van der Waals surface area (Å²) in [6.07, 6.45) is 1.90. The Balaban J connectivity index is 0.00000121. The number of aromatic nitrogens is 1. The first-order valence-electron chi connectivity index (χ1n) is 8.09. The van der Waals surface area contributed by atoms with E-state index in [2.05, 4.69) is 78.9 Å². The molecular weight excluding hydrogens is 675 g/mol. The molecule has 3 heteroatoms. The van der Waals surface area contributed by atoms with Gasteiger partial charge in [0.05, 0.1) is 5.69 Å². The minimum Gasteiger partial charge on any atom is -0.256 e. The van der Waals surface area contributed by atoms with E-state index in [1.165, 1.54) is 22.3 Å². The maximum Gasteiger partial charge on any atom is 0.0786 e. The fourth-order valence-corrected chi connectivity index (χ4v) is 3.03. The van der Waals surface area contributed by atoms with Crippen LogP contribution in [-0.4, -0.2) is 4.98 Å². The molecule has 132 valence electrons. The summed E-state index contributed by atoms with van der Waals surface area (Å²) >= 11 is 0. The number of pyridine rings is 1. The normalized spacial score (nSPS) is 9.69. The zero-order valence-electron chi connectivity index (χ0n) is 13.9. The van der Waals surface area contributed by atoms with Gasteiger partial charge in [-0.25, -0.2) is 0 Å². The molecule has 0 saturated heterocycles. The number of hydrogen-bond acceptors (Lipinski definition) is 1. The van der Waals surface area contributed by atoms with Crippen LogP contribution in [-0.2, 0) is 40.2 Å². The summed E-state index contributed by atoms with van der Waals surface area (Å²) in [6.45, 7) is 0. The van der Waals surface area contributed by atoms with Crippen LogP contribution in [0.5, 0.6) is 0 Å². The Bertz CT molecular complexity index is 882. The Labute approximate surface area is 181 Å². The van der Waals surface area contributed by atoms with Crippen molar-refractivity contribution in [3.05, 3.63) is 103 Å². The van der Waals surface area contributed by atoms with E-state index in [-0.39, 0.29) is 40.2 Å². The van der Waals surface area contributed by atoms with Crippen molar-refractivity contribution in [2.75, 3.05) is 0 Å². The summed E-state index contributed by atoms with van der Waals surface area (Å²) in [7, 11) is 0. The van der Waals surface area contributed by atoms with Crippen LogP contribution in [0.2, 0.25) is 0 Å². The predicted octanol–water partition coefficient (Wildman–Crippen LogP) is 6.08. The summed E-state index contributed by atoms with van der Waals surface area (Å²) in [6, 6.07) is 33.5. The summed E-state index contributed by atoms with van der Waals surface area (Å²) in [5.41, 5.74) is 6.92. The minimum absolute atomic E-state index is 0. The van der Waals surface area contributed by atoms with Crippen molar-refractivity contribution in [3.63, 3.8) is 0 Å². The van der Waals surface area contributed by atoms with E-state index in [1.54, 1.807) is 0 Å². The van der Waals surface area contributed by atoms with Gasteiger partial charge in [0.1, 0.15) is 0 Å². The largest absolute Gasteiger partial charge is 0.256 e. The molecule has 26 heavy (non-hydrogen) atoms. The van der Waals surface area contributed by atoms with Gasteiger partial charge in [-0.3, -0.25) is 4.98 Å². The second-order valence-corrected chi connectivity index (χ2v) is 5.68. The molecule has 0 aliphatic heterocycles. The fourth-order valence-electron chi connectivity index (χ4n) is 3.03. The SMILES string of the molecule is [Ir].[Ir].c1ccc(-c2ccnc(-c3ccccc3)c2-c2ccccc2)cc1. The van der Waals surface area contributed by atoms with E-state index >= 15 is 0 Å². The van der Waals surface area contributed by atoms with Crippen molar-refractivity contribution in [1.29, 1.82) is 0 Å². The molecule has 4 aromatic rings. The van der Waals surface area contributed by atoms with Gasteiger partial charge in [0.15, 0.2) is 0 Å². The van der Waals surface area contributed by atoms with Crippen LogP contribution in [0, 0.1) is 0 Å². The van der Waals surface area contributed by atoms with E-state index in [4.69, 9.17) is 4.98 Å². The zero-order valence-corrected chi connectivity index (χ0v) is 18.7. The third kappa shape index (κ3) is 4.26. The molecule has 1 nitrogen and oxygen atoms in total. The first-order chi connectivity index (χ1) is 11.9. The van der Waals surface area contributed by atoms with Gasteiger partial charge in [-0.1, -0.05) is 91.0 Å². The molecule has 0 aliphatic carbocycles. The first-order valence-corrected chi connectivity index (χ1v) is 8.09. The molecule has 1 aromatic heterocycles. The molecule has 0 spiro atoms. The van der Waals surface area contributed by atoms with Crippen molar-refractivity contribution in [1.82, 2.24) is 4.98 Å². The van der Waals surface area contributed by atoms with Gasteiger partial charge in [0.2, 0.25) is 0 Å². The first kappa shape index (κ1) is 20.4. The maximum absolute atomic E-state index is 4.71. The molecular formula is C23H17Ir2N. The molecule has 2 radical (unpaired) electrons. The molecule has 0 fully saturated rings. The van der Waals surface area contributed by atoms with Gasteiger partial charge in [0.25, 0.3) is 0 Å². The summed E-state index contributed by atoms with van der Waals surface area (Å²) < 4.78 is 0. The molecule has 0 atom stereocenters. The van der Waals surface area contributed by atoms with Crippen LogP contribution >= 0.6 is 0 Å². The average molecular weight is 692 g/mol. The standard InChI is InChI=1S/C23H17N.2Ir/c1-4-10-18(11-5-1)21-16-17-24-23(20-14-8-3-9-15-20)22(21)19-12-6-2-7-13-19;;/h1-17H;;. The third-order valence-corrected chi connectivity index (χ3v) is 4.15. The zero-order chi connectivity index (χ0) is 16.2. The van der Waals surface area contributed by atoms with Crippen molar-refractivity contribution >= 4 is 0 Å². The topological polar surface area (TPSA) is 12.9 Å². The molecule has 0 amide bonds. The summed E-state index contributed by atoms with van der Waals surface area (Å²) in [5, 5.41) is 0. The molecule has 1 heterocycles. The monoisotopic (exact) mass is 693 g/mol. The smallest absolute Gasteiger partial charge is 0.0786 e. The molecule has 0 aliphatic rings. The number of nitrogens with zero attached hydrogens (tertiary/aromatic N) is 1. The molecule has 0 bridgehead atoms. The molecule has 0 saturated carbocycles. The predicted molar refractivity (Wildman–Crippen MR) is 101 cm³/mol. The Morgan fingerprint density at radius 3 is 1.46 bits per heavy atom. The van der Waals surface area contributed by atoms with Crippen LogP contribution in [0.3, 0.4) is 0 Å². The van der Waals surface area contributed by atoms with Crippen LogP contribution in [0.4, 0.5) is 0 Å². The fraction of sp³-hybridized carbons (Fsp3) is 0. The Kier molecular flexibility index (Phi) is 7.63. The number of hydrogen-bond donors (Lipinski definition) is 0. The van der Waals surface area contributed by atoms with Gasteiger partial charge in [-0.15, -0.1) is 0 Å². The Morgan fingerprint density at radius 2 is 0.923 bits per heavy atom. The van der Waals surface area contributed by atoms with Crippen LogP contribution in [0.25, 0.3) is 33.5 Å². The summed E-state index contributed by atoms with van der Waals surface area (Å²) in [4.78, 5) is 4.71.